The summed E-state index contributed by atoms with van der Waals surface area (Å²) in [6.07, 6.45) is 5.66. The number of halogens is 2. The molecule has 4 heteroatoms. The molecule has 1 aromatic heterocycles. The molecule has 1 aromatic rings. The molecule has 40 valence electrons. The molecule has 1 N–H and O–H groups in total. The number of aromatic nitrogens is 2. The van der Waals surface area contributed by atoms with E-state index in [-0.39, 0.29) is 12.4 Å². The summed E-state index contributed by atoms with van der Waals surface area (Å²) in [5.74, 6) is 0. The predicted octanol–water partition coefficient (Wildman–Crippen LogP) is -2.50. The molecule has 0 saturated heterocycles. The smallest absolute Gasteiger partial charge is 0.250 e. The fraction of sp³-hybridized carbons (Fsp3) is 0. The highest BCUT2D eigenvalue weighted by Crippen LogP contribution is 1.70. The van der Waals surface area contributed by atoms with E-state index in [0.29, 0.717) is 0 Å². The van der Waals surface area contributed by atoms with Crippen LogP contribution in [0, 0.1) is 0 Å². The third kappa shape index (κ3) is 2.13. The number of imidazole rings is 1. The molecule has 0 bridgehead atoms. The first kappa shape index (κ1) is 7.23. The van der Waals surface area contributed by atoms with Crippen LogP contribution in [-0.4, -0.2) is 4.98 Å². The number of H-pyrrole nitrogens is 1. The molecule has 0 spiro atoms. The van der Waals surface area contributed by atoms with Gasteiger partial charge in [0.2, 0.25) is 29.2 Å². The van der Waals surface area contributed by atoms with Crippen LogP contribution in [0.25, 0.3) is 0 Å². The average Bonchev–Trinajstić information content (AvgIpc) is 1.86. The molecule has 0 aromatic carbocycles. The number of aromatic amines is 1. The molecule has 0 radical (unpaired) electrons. The normalized spacial score (nSPS) is 7.57. The quantitative estimate of drug-likeness (QED) is 0.476. The second kappa shape index (κ2) is 3.26. The van der Waals surface area contributed by atoms with Gasteiger partial charge < -0.3 is 12.4 Å². The van der Waals surface area contributed by atoms with Crippen LogP contribution in [0.2, 0.25) is 0 Å². The Hall–Kier alpha value is 0.230. The molecule has 0 fully saturated rings. The SMILES string of the molecule is I[n+]1cc[nH]c1.[Cl-]. The lowest BCUT2D eigenvalue weighted by molar-refractivity contribution is -0.438. The van der Waals surface area contributed by atoms with Crippen LogP contribution in [-0.2, 0) is 0 Å². The number of rotatable bonds is 0. The molecule has 0 atom stereocenters. The zero-order chi connectivity index (χ0) is 4.41. The van der Waals surface area contributed by atoms with Crippen molar-refractivity contribution in [3.05, 3.63) is 18.7 Å². The van der Waals surface area contributed by atoms with Gasteiger partial charge in [-0.15, -0.1) is 0 Å². The highest BCUT2D eigenvalue weighted by Gasteiger charge is 1.81. The molecule has 1 rings (SSSR count). The minimum absolute atomic E-state index is 0. The van der Waals surface area contributed by atoms with E-state index in [9.17, 15) is 0 Å². The van der Waals surface area contributed by atoms with Crippen molar-refractivity contribution in [1.82, 2.24) is 4.98 Å². The number of hydrogen-bond acceptors (Lipinski definition) is 0. The van der Waals surface area contributed by atoms with Gasteiger partial charge in [0.25, 0.3) is 0 Å². The van der Waals surface area contributed by atoms with E-state index < -0.39 is 0 Å². The number of nitrogens with zero attached hydrogens (tertiary/aromatic N) is 1. The van der Waals surface area contributed by atoms with Gasteiger partial charge in [-0.3, -0.25) is 0 Å². The third-order valence-corrected chi connectivity index (χ3v) is 1.11. The van der Waals surface area contributed by atoms with Crippen molar-refractivity contribution in [3.8, 4) is 0 Å². The Morgan fingerprint density at radius 1 is 1.57 bits per heavy atom. The van der Waals surface area contributed by atoms with E-state index in [2.05, 4.69) is 27.8 Å². The molecule has 0 aliphatic rings. The van der Waals surface area contributed by atoms with E-state index in [1.54, 1.807) is 0 Å². The van der Waals surface area contributed by atoms with E-state index in [0.717, 1.165) is 0 Å². The van der Waals surface area contributed by atoms with E-state index in [1.807, 2.05) is 21.5 Å². The van der Waals surface area contributed by atoms with Crippen LogP contribution in [0.15, 0.2) is 18.7 Å². The third-order valence-electron chi connectivity index (χ3n) is 0.511. The first-order valence-electron chi connectivity index (χ1n) is 1.60. The predicted molar refractivity (Wildman–Crippen MR) is 30.4 cm³/mol. The summed E-state index contributed by atoms with van der Waals surface area (Å²) in [6, 6.07) is 0. The second-order valence-corrected chi connectivity index (χ2v) is 2.07. The molecule has 2 nitrogen and oxygen atoms in total. The van der Waals surface area contributed by atoms with Crippen LogP contribution in [0.1, 0.15) is 0 Å². The van der Waals surface area contributed by atoms with Crippen molar-refractivity contribution >= 4 is 22.9 Å². The lowest BCUT2D eigenvalue weighted by atomic mass is 11.0. The molecule has 1 heterocycles. The fourth-order valence-corrected chi connectivity index (χ4v) is 0.593. The maximum atomic E-state index is 2.88. The van der Waals surface area contributed by atoms with Gasteiger partial charge in [-0.1, -0.05) is 0 Å². The first-order chi connectivity index (χ1) is 2.89. The topological polar surface area (TPSA) is 19.7 Å². The maximum absolute atomic E-state index is 2.88. The van der Waals surface area contributed by atoms with Gasteiger partial charge in [0.1, 0.15) is 12.4 Å². The fourth-order valence-electron chi connectivity index (χ4n) is 0.272. The molecular weight excluding hydrogens is 226 g/mol. The zero-order valence-electron chi connectivity index (χ0n) is 3.44. The molecule has 7 heavy (non-hydrogen) atoms. The largest absolute Gasteiger partial charge is 1.00 e. The van der Waals surface area contributed by atoms with Crippen molar-refractivity contribution in [2.75, 3.05) is 0 Å². The van der Waals surface area contributed by atoms with Gasteiger partial charge >= 0.3 is 0 Å². The van der Waals surface area contributed by atoms with Gasteiger partial charge in [0.15, 0.2) is 0 Å². The summed E-state index contributed by atoms with van der Waals surface area (Å²) < 4.78 is 1.91. The van der Waals surface area contributed by atoms with E-state index >= 15 is 0 Å². The summed E-state index contributed by atoms with van der Waals surface area (Å²) in [6.45, 7) is 0. The highest BCUT2D eigenvalue weighted by atomic mass is 127. The van der Waals surface area contributed by atoms with Crippen molar-refractivity contribution in [3.63, 3.8) is 0 Å². The Labute approximate surface area is 61.8 Å². The maximum Gasteiger partial charge on any atom is 0.250 e. The Morgan fingerprint density at radius 3 is 2.43 bits per heavy atom. The summed E-state index contributed by atoms with van der Waals surface area (Å²) in [5, 5.41) is 0. The molecular formula is C3H4ClIN2. The second-order valence-electron chi connectivity index (χ2n) is 0.956. The van der Waals surface area contributed by atoms with Gasteiger partial charge in [-0.05, 0) is 0 Å². The van der Waals surface area contributed by atoms with Gasteiger partial charge in [-0.2, -0.15) is 2.78 Å². The van der Waals surface area contributed by atoms with Crippen molar-refractivity contribution in [1.29, 1.82) is 0 Å². The standard InChI is InChI=1S/C3H3IN2.ClH/c4-6-2-1-5-3-6;/h1-3H;1H. The minimum Gasteiger partial charge on any atom is -1.00 e. The molecule has 0 aliphatic heterocycles. The summed E-state index contributed by atoms with van der Waals surface area (Å²) in [4.78, 5) is 2.88. The van der Waals surface area contributed by atoms with Crippen LogP contribution in [0.3, 0.4) is 0 Å². The monoisotopic (exact) mass is 230 g/mol. The van der Waals surface area contributed by atoms with Crippen LogP contribution in [0.5, 0.6) is 0 Å². The van der Waals surface area contributed by atoms with Crippen molar-refractivity contribution in [2.24, 2.45) is 0 Å². The number of hydrogen-bond donors (Lipinski definition) is 1. The molecule has 0 saturated carbocycles. The van der Waals surface area contributed by atoms with Crippen LogP contribution < -0.4 is 15.2 Å². The summed E-state index contributed by atoms with van der Waals surface area (Å²) in [5.41, 5.74) is 0. The molecule has 0 unspecified atom stereocenters. The van der Waals surface area contributed by atoms with Gasteiger partial charge in [0, 0.05) is 0 Å². The van der Waals surface area contributed by atoms with Crippen LogP contribution >= 0.6 is 22.9 Å². The minimum atomic E-state index is 0. The molecule has 0 amide bonds. The zero-order valence-corrected chi connectivity index (χ0v) is 6.35. The van der Waals surface area contributed by atoms with Crippen molar-refractivity contribution in [2.45, 2.75) is 0 Å². The van der Waals surface area contributed by atoms with Gasteiger partial charge in [-0.25, -0.2) is 4.98 Å². The van der Waals surface area contributed by atoms with Gasteiger partial charge in [0.05, 0.1) is 0 Å². The van der Waals surface area contributed by atoms with E-state index in [4.69, 9.17) is 0 Å². The summed E-state index contributed by atoms with van der Waals surface area (Å²) >= 11 is 2.16. The average molecular weight is 230 g/mol. The Bertz CT molecular complexity index is 116. The lowest BCUT2D eigenvalue weighted by Crippen LogP contribution is -3.00. The Balaban J connectivity index is 0.000000360. The number of nitrogens with one attached hydrogen (secondary N) is 1. The lowest BCUT2D eigenvalue weighted by Gasteiger charge is -1.61. The van der Waals surface area contributed by atoms with Crippen molar-refractivity contribution < 1.29 is 15.2 Å². The Morgan fingerprint density at radius 2 is 2.29 bits per heavy atom. The first-order valence-corrected chi connectivity index (χ1v) is 2.56. The Kier molecular flexibility index (Phi) is 3.37. The van der Waals surface area contributed by atoms with Crippen LogP contribution in [0.4, 0.5) is 0 Å². The highest BCUT2D eigenvalue weighted by molar-refractivity contribution is 14.1. The van der Waals surface area contributed by atoms with E-state index in [1.165, 1.54) is 0 Å². The summed E-state index contributed by atoms with van der Waals surface area (Å²) in [7, 11) is 0. The molecule has 0 aliphatic carbocycles.